The van der Waals surface area contributed by atoms with Crippen molar-refractivity contribution in [3.8, 4) is 0 Å². The summed E-state index contributed by atoms with van der Waals surface area (Å²) < 4.78 is 42.9. The van der Waals surface area contributed by atoms with Crippen LogP contribution in [0.15, 0.2) is 77.7 Å². The monoisotopic (exact) mass is 593 g/mol. The van der Waals surface area contributed by atoms with Crippen LogP contribution in [0.5, 0.6) is 0 Å². The number of anilines is 1. The molecule has 1 N–H and O–H groups in total. The molecule has 208 valence electrons. The molecule has 0 aromatic heterocycles. The third kappa shape index (κ3) is 7.94. The van der Waals surface area contributed by atoms with Crippen LogP contribution in [0.2, 0.25) is 10.0 Å². The Hall–Kier alpha value is -3.14. The highest BCUT2D eigenvalue weighted by Crippen LogP contribution is 2.30. The minimum absolute atomic E-state index is 0.0581. The zero-order valence-corrected chi connectivity index (χ0v) is 24.1. The molecular weight excluding hydrogens is 564 g/mol. The van der Waals surface area contributed by atoms with E-state index in [9.17, 15) is 22.4 Å². The molecule has 11 heteroatoms. The molecule has 0 heterocycles. The zero-order valence-electron chi connectivity index (χ0n) is 21.8. The number of carbonyl (C=O) groups is 2. The Bertz CT molecular complexity index is 1400. The number of hydrogen-bond donors (Lipinski definition) is 1. The van der Waals surface area contributed by atoms with E-state index in [0.29, 0.717) is 6.54 Å². The van der Waals surface area contributed by atoms with Crippen molar-refractivity contribution >= 4 is 50.7 Å². The van der Waals surface area contributed by atoms with Gasteiger partial charge in [-0.25, -0.2) is 12.8 Å². The highest BCUT2D eigenvalue weighted by molar-refractivity contribution is 7.92. The van der Waals surface area contributed by atoms with E-state index in [1.165, 1.54) is 55.5 Å². The lowest BCUT2D eigenvalue weighted by Gasteiger charge is -2.32. The second-order valence-electron chi connectivity index (χ2n) is 9.38. The van der Waals surface area contributed by atoms with E-state index in [2.05, 4.69) is 5.32 Å². The molecule has 1 atom stereocenters. The Balaban J connectivity index is 2.04. The Kier molecular flexibility index (Phi) is 10.4. The van der Waals surface area contributed by atoms with E-state index in [4.69, 9.17) is 23.2 Å². The predicted molar refractivity (Wildman–Crippen MR) is 152 cm³/mol. The highest BCUT2D eigenvalue weighted by Gasteiger charge is 2.33. The summed E-state index contributed by atoms with van der Waals surface area (Å²) in [5.74, 6) is -1.56. The molecule has 0 aliphatic carbocycles. The van der Waals surface area contributed by atoms with Gasteiger partial charge >= 0.3 is 0 Å². The summed E-state index contributed by atoms with van der Waals surface area (Å²) >= 11 is 12.3. The van der Waals surface area contributed by atoms with E-state index in [1.807, 2.05) is 13.8 Å². The molecule has 2 amide bonds. The lowest BCUT2D eigenvalue weighted by atomic mass is 10.1. The molecule has 0 radical (unpaired) electrons. The van der Waals surface area contributed by atoms with Gasteiger partial charge in [0.1, 0.15) is 18.4 Å². The third-order valence-electron chi connectivity index (χ3n) is 5.90. The number of benzene rings is 3. The maximum Gasteiger partial charge on any atom is 0.264 e. The summed E-state index contributed by atoms with van der Waals surface area (Å²) in [7, 11) is -4.27. The molecule has 0 bridgehead atoms. The van der Waals surface area contributed by atoms with Gasteiger partial charge in [0.2, 0.25) is 11.8 Å². The van der Waals surface area contributed by atoms with Crippen molar-refractivity contribution in [1.29, 1.82) is 0 Å². The van der Waals surface area contributed by atoms with E-state index in [0.717, 1.165) is 9.21 Å². The van der Waals surface area contributed by atoms with E-state index in [-0.39, 0.29) is 38.7 Å². The Morgan fingerprint density at radius 2 is 1.51 bits per heavy atom. The highest BCUT2D eigenvalue weighted by atomic mass is 35.5. The van der Waals surface area contributed by atoms with Crippen LogP contribution in [-0.4, -0.2) is 44.3 Å². The standard InChI is InChI=1S/C28H30Cl2FN3O4S/c1-19(2)16-32-28(36)20(3)33(17-21-9-7-8-12-26(21)31)27(35)18-34(24-14-22(29)13-23(30)15-24)39(37,38)25-10-5-4-6-11-25/h4-15,19-20H,16-18H2,1-3H3,(H,32,36)/t20-/m0/s1. The fourth-order valence-electron chi connectivity index (χ4n) is 3.78. The van der Waals surface area contributed by atoms with Gasteiger partial charge in [0.15, 0.2) is 0 Å². The lowest BCUT2D eigenvalue weighted by Crippen LogP contribution is -2.51. The van der Waals surface area contributed by atoms with Gasteiger partial charge in [0, 0.05) is 28.7 Å². The first kappa shape index (κ1) is 30.4. The van der Waals surface area contributed by atoms with Crippen molar-refractivity contribution in [1.82, 2.24) is 10.2 Å². The summed E-state index contributed by atoms with van der Waals surface area (Å²) in [4.78, 5) is 27.9. The third-order valence-corrected chi connectivity index (χ3v) is 8.12. The molecule has 3 aromatic rings. The van der Waals surface area contributed by atoms with Gasteiger partial charge in [-0.3, -0.25) is 13.9 Å². The van der Waals surface area contributed by atoms with Gasteiger partial charge in [-0.15, -0.1) is 0 Å². The smallest absolute Gasteiger partial charge is 0.264 e. The zero-order chi connectivity index (χ0) is 28.7. The summed E-state index contributed by atoms with van der Waals surface area (Å²) in [5, 5.41) is 3.12. The van der Waals surface area contributed by atoms with Crippen LogP contribution in [0, 0.1) is 11.7 Å². The molecule has 0 saturated carbocycles. The number of sulfonamides is 1. The number of nitrogens with zero attached hydrogens (tertiary/aromatic N) is 2. The molecule has 0 spiro atoms. The van der Waals surface area contributed by atoms with Crippen LogP contribution < -0.4 is 9.62 Å². The van der Waals surface area contributed by atoms with Crippen molar-refractivity contribution in [2.45, 2.75) is 38.3 Å². The molecular formula is C28H30Cl2FN3O4S. The maximum atomic E-state index is 14.6. The quantitative estimate of drug-likeness (QED) is 0.317. The molecule has 7 nitrogen and oxygen atoms in total. The van der Waals surface area contributed by atoms with Gasteiger partial charge < -0.3 is 10.2 Å². The number of carbonyl (C=O) groups excluding carboxylic acids is 2. The SMILES string of the molecule is CC(C)CNC(=O)[C@H](C)N(Cc1ccccc1F)C(=O)CN(c1cc(Cl)cc(Cl)c1)S(=O)(=O)c1ccccc1. The fourth-order valence-corrected chi connectivity index (χ4v) is 5.71. The van der Waals surface area contributed by atoms with Gasteiger partial charge in [-0.2, -0.15) is 0 Å². The number of rotatable bonds is 11. The minimum Gasteiger partial charge on any atom is -0.354 e. The first-order valence-electron chi connectivity index (χ1n) is 12.2. The number of halogens is 3. The normalized spacial score (nSPS) is 12.2. The number of nitrogens with one attached hydrogen (secondary N) is 1. The first-order valence-corrected chi connectivity index (χ1v) is 14.4. The van der Waals surface area contributed by atoms with Crippen LogP contribution in [-0.2, 0) is 26.2 Å². The van der Waals surface area contributed by atoms with Gasteiger partial charge in [0.25, 0.3) is 10.0 Å². The van der Waals surface area contributed by atoms with E-state index in [1.54, 1.807) is 24.3 Å². The molecule has 3 aromatic carbocycles. The van der Waals surface area contributed by atoms with Crippen molar-refractivity contribution < 1.29 is 22.4 Å². The molecule has 0 aliphatic heterocycles. The summed E-state index contributed by atoms with van der Waals surface area (Å²) in [6.45, 7) is 4.80. The van der Waals surface area contributed by atoms with Gasteiger partial charge in [-0.1, -0.05) is 73.4 Å². The average molecular weight is 595 g/mol. The summed E-state index contributed by atoms with van der Waals surface area (Å²) in [6.07, 6.45) is 0. The Labute approximate surface area is 238 Å². The lowest BCUT2D eigenvalue weighted by molar-refractivity contribution is -0.139. The van der Waals surface area contributed by atoms with E-state index < -0.39 is 40.2 Å². The Morgan fingerprint density at radius 1 is 0.923 bits per heavy atom. The Morgan fingerprint density at radius 3 is 2.10 bits per heavy atom. The van der Waals surface area contributed by atoms with Crippen molar-refractivity contribution in [3.63, 3.8) is 0 Å². The fraction of sp³-hybridized carbons (Fsp3) is 0.286. The van der Waals surface area contributed by atoms with Crippen LogP contribution in [0.25, 0.3) is 0 Å². The molecule has 0 fully saturated rings. The topological polar surface area (TPSA) is 86.8 Å². The van der Waals surface area contributed by atoms with E-state index >= 15 is 0 Å². The average Bonchev–Trinajstić information content (AvgIpc) is 2.89. The van der Waals surface area contributed by atoms with Crippen LogP contribution in [0.3, 0.4) is 0 Å². The van der Waals surface area contributed by atoms with Crippen molar-refractivity contribution in [2.24, 2.45) is 5.92 Å². The molecule has 0 aliphatic rings. The largest absolute Gasteiger partial charge is 0.354 e. The van der Waals surface area contributed by atoms with Crippen LogP contribution in [0.4, 0.5) is 10.1 Å². The van der Waals surface area contributed by atoms with Crippen LogP contribution in [0.1, 0.15) is 26.3 Å². The second kappa shape index (κ2) is 13.3. The minimum atomic E-state index is -4.27. The summed E-state index contributed by atoms with van der Waals surface area (Å²) in [5.41, 5.74) is 0.241. The van der Waals surface area contributed by atoms with Crippen LogP contribution >= 0.6 is 23.2 Å². The molecule has 0 unspecified atom stereocenters. The molecule has 0 saturated heterocycles. The predicted octanol–water partition coefficient (Wildman–Crippen LogP) is 5.52. The second-order valence-corrected chi connectivity index (χ2v) is 12.1. The van der Waals surface area contributed by atoms with Crippen molar-refractivity contribution in [2.75, 3.05) is 17.4 Å². The summed E-state index contributed by atoms with van der Waals surface area (Å²) in [6, 6.07) is 16.6. The number of amides is 2. The molecule has 39 heavy (non-hydrogen) atoms. The van der Waals surface area contributed by atoms with Gasteiger partial charge in [-0.05, 0) is 49.2 Å². The van der Waals surface area contributed by atoms with Crippen molar-refractivity contribution in [3.05, 3.63) is 94.2 Å². The maximum absolute atomic E-state index is 14.6. The first-order chi connectivity index (χ1) is 18.4. The van der Waals surface area contributed by atoms with Gasteiger partial charge in [0.05, 0.1) is 10.6 Å². The number of hydrogen-bond acceptors (Lipinski definition) is 4. The molecule has 3 rings (SSSR count).